The molecule has 264 valence electrons. The van der Waals surface area contributed by atoms with Crippen molar-refractivity contribution in [3.8, 4) is 0 Å². The fourth-order valence-electron chi connectivity index (χ4n) is 7.95. The van der Waals surface area contributed by atoms with Crippen molar-refractivity contribution in [3.63, 3.8) is 0 Å². The minimum Gasteiger partial charge on any atom is -0.463 e. The van der Waals surface area contributed by atoms with Crippen LogP contribution in [0.3, 0.4) is 0 Å². The van der Waals surface area contributed by atoms with E-state index >= 15 is 0 Å². The van der Waals surface area contributed by atoms with Gasteiger partial charge in [-0.05, 0) is 93.0 Å². The number of aliphatic hydroxyl groups is 1. The number of esters is 1. The first kappa shape index (κ1) is 37.2. The number of likely N-dealkylation sites (tertiary alicyclic amines) is 2. The van der Waals surface area contributed by atoms with Gasteiger partial charge in [0, 0.05) is 38.7 Å². The summed E-state index contributed by atoms with van der Waals surface area (Å²) in [6, 6.07) is -0.182. The highest BCUT2D eigenvalue weighted by Gasteiger charge is 2.50. The van der Waals surface area contributed by atoms with E-state index in [0.717, 1.165) is 19.5 Å². The van der Waals surface area contributed by atoms with Crippen LogP contribution in [-0.4, -0.2) is 158 Å². The summed E-state index contributed by atoms with van der Waals surface area (Å²) in [5.41, 5.74) is -1.40. The van der Waals surface area contributed by atoms with Crippen LogP contribution in [0, 0.1) is 17.8 Å². The molecule has 0 aromatic carbocycles. The summed E-state index contributed by atoms with van der Waals surface area (Å²) >= 11 is 0. The molecule has 4 aliphatic rings. The molecule has 0 radical (unpaired) electrons. The molecular formula is C34H60N4O8. The fourth-order valence-corrected chi connectivity index (χ4v) is 7.95. The minimum absolute atomic E-state index is 0.103. The van der Waals surface area contributed by atoms with Crippen LogP contribution in [0.5, 0.6) is 0 Å². The zero-order chi connectivity index (χ0) is 34.0. The van der Waals surface area contributed by atoms with E-state index in [1.165, 1.54) is 0 Å². The third kappa shape index (κ3) is 8.13. The molecule has 46 heavy (non-hydrogen) atoms. The van der Waals surface area contributed by atoms with Gasteiger partial charge in [-0.1, -0.05) is 13.8 Å². The van der Waals surface area contributed by atoms with Crippen molar-refractivity contribution in [2.24, 2.45) is 17.8 Å². The highest BCUT2D eigenvalue weighted by molar-refractivity contribution is 6.00. The van der Waals surface area contributed by atoms with Gasteiger partial charge in [-0.25, -0.2) is 0 Å². The van der Waals surface area contributed by atoms with E-state index in [0.29, 0.717) is 51.9 Å². The number of cyclic esters (lactones) is 1. The van der Waals surface area contributed by atoms with Crippen LogP contribution >= 0.6 is 0 Å². The van der Waals surface area contributed by atoms with Gasteiger partial charge >= 0.3 is 5.97 Å². The summed E-state index contributed by atoms with van der Waals surface area (Å²) in [6.07, 6.45) is 0.811. The van der Waals surface area contributed by atoms with E-state index < -0.39 is 47.4 Å². The summed E-state index contributed by atoms with van der Waals surface area (Å²) < 4.78 is 24.9. The first-order valence-electron chi connectivity index (χ1n) is 17.2. The maximum Gasteiger partial charge on any atom is 0.316 e. The number of hydrogen-bond donors (Lipinski definition) is 1. The Bertz CT molecular complexity index is 1060. The monoisotopic (exact) mass is 652 g/mol. The number of amides is 1. The van der Waals surface area contributed by atoms with E-state index in [1.54, 1.807) is 21.0 Å². The number of ketones is 1. The second-order valence-electron chi connectivity index (χ2n) is 15.1. The Balaban J connectivity index is 1.58. The van der Waals surface area contributed by atoms with Crippen LogP contribution in [0.25, 0.3) is 0 Å². The van der Waals surface area contributed by atoms with Crippen LogP contribution in [0.15, 0.2) is 0 Å². The molecule has 4 aliphatic heterocycles. The average Bonchev–Trinajstić information content (AvgIpc) is 3.00. The van der Waals surface area contributed by atoms with Crippen molar-refractivity contribution < 1.29 is 38.4 Å². The van der Waals surface area contributed by atoms with Gasteiger partial charge in [0.1, 0.15) is 18.6 Å². The lowest BCUT2D eigenvalue weighted by molar-refractivity contribution is -0.295. The van der Waals surface area contributed by atoms with Crippen molar-refractivity contribution in [3.05, 3.63) is 0 Å². The summed E-state index contributed by atoms with van der Waals surface area (Å²) in [7, 11) is 7.52. The number of rotatable bonds is 6. The SMILES string of the molecule is CO[C@]1(C)C[C@@H](C)CN(C)C2(CCN(C(=O)CN3CCC3)CC2)COC(=O)C(C)C(=O)[C@H](C)[C@H]1O[C@@H]1O[C@H](C)C[C@H](N(C)C)[C@H]1O. The Kier molecular flexibility index (Phi) is 12.3. The number of Topliss-reactive ketones (excluding diaryl/α,β-unsaturated/α-hetero) is 1. The first-order valence-corrected chi connectivity index (χ1v) is 17.2. The lowest BCUT2D eigenvalue weighted by Gasteiger charge is -2.49. The smallest absolute Gasteiger partial charge is 0.316 e. The zero-order valence-electron chi connectivity index (χ0n) is 29.7. The molecule has 9 atom stereocenters. The second kappa shape index (κ2) is 15.3. The molecule has 4 fully saturated rings. The van der Waals surface area contributed by atoms with Crippen LogP contribution in [-0.2, 0) is 33.3 Å². The molecule has 1 amide bonds. The molecule has 0 aromatic heterocycles. The highest BCUT2D eigenvalue weighted by atomic mass is 16.7. The van der Waals surface area contributed by atoms with Crippen molar-refractivity contribution in [2.75, 3.05) is 74.1 Å². The molecule has 0 bridgehead atoms. The molecule has 0 aromatic rings. The molecule has 4 saturated heterocycles. The quantitative estimate of drug-likeness (QED) is 0.333. The number of nitrogens with zero attached hydrogens (tertiary/aromatic N) is 4. The molecule has 4 rings (SSSR count). The number of carbonyl (C=O) groups is 3. The van der Waals surface area contributed by atoms with Gasteiger partial charge in [0.15, 0.2) is 12.1 Å². The van der Waals surface area contributed by atoms with E-state index in [-0.39, 0.29) is 36.4 Å². The van der Waals surface area contributed by atoms with Crippen molar-refractivity contribution >= 4 is 17.7 Å². The number of hydrogen-bond acceptors (Lipinski definition) is 11. The van der Waals surface area contributed by atoms with Crippen LogP contribution in [0.4, 0.5) is 0 Å². The third-order valence-electron chi connectivity index (χ3n) is 11.3. The number of methoxy groups -OCH3 is 1. The van der Waals surface area contributed by atoms with Crippen molar-refractivity contribution in [1.82, 2.24) is 19.6 Å². The van der Waals surface area contributed by atoms with Crippen LogP contribution in [0.1, 0.15) is 66.7 Å². The molecule has 0 saturated carbocycles. The third-order valence-corrected chi connectivity index (χ3v) is 11.3. The topological polar surface area (TPSA) is 121 Å². The predicted molar refractivity (Wildman–Crippen MR) is 173 cm³/mol. The summed E-state index contributed by atoms with van der Waals surface area (Å²) in [5, 5.41) is 11.3. The average molecular weight is 653 g/mol. The fraction of sp³-hybridized carbons (Fsp3) is 0.912. The molecule has 1 spiro atoms. The van der Waals surface area contributed by atoms with Gasteiger partial charge in [-0.3, -0.25) is 24.2 Å². The van der Waals surface area contributed by atoms with Crippen molar-refractivity contribution in [2.45, 2.75) is 109 Å². The Morgan fingerprint density at radius 1 is 1.09 bits per heavy atom. The highest BCUT2D eigenvalue weighted by Crippen LogP contribution is 2.38. The molecule has 12 heteroatoms. The van der Waals surface area contributed by atoms with Crippen LogP contribution in [0.2, 0.25) is 0 Å². The number of likely N-dealkylation sites (N-methyl/N-ethyl adjacent to an activating group) is 2. The maximum atomic E-state index is 14.0. The Morgan fingerprint density at radius 3 is 2.30 bits per heavy atom. The van der Waals surface area contributed by atoms with E-state index in [1.807, 2.05) is 37.7 Å². The summed E-state index contributed by atoms with van der Waals surface area (Å²) in [6.45, 7) is 13.9. The molecule has 4 heterocycles. The zero-order valence-corrected chi connectivity index (χ0v) is 29.7. The summed E-state index contributed by atoms with van der Waals surface area (Å²) in [4.78, 5) is 48.8. The normalized spacial score (nSPS) is 38.9. The predicted octanol–water partition coefficient (Wildman–Crippen LogP) is 1.63. The Hall–Kier alpha value is -1.67. The molecule has 12 nitrogen and oxygen atoms in total. The van der Waals surface area contributed by atoms with Gasteiger partial charge in [0.2, 0.25) is 5.91 Å². The number of aliphatic hydroxyl groups excluding tert-OH is 1. The summed E-state index contributed by atoms with van der Waals surface area (Å²) in [5.74, 6) is -2.39. The van der Waals surface area contributed by atoms with E-state index in [9.17, 15) is 19.5 Å². The van der Waals surface area contributed by atoms with Crippen LogP contribution < -0.4 is 0 Å². The molecular weight excluding hydrogens is 592 g/mol. The lowest BCUT2D eigenvalue weighted by atomic mass is 9.78. The molecule has 0 aliphatic carbocycles. The van der Waals surface area contributed by atoms with E-state index in [2.05, 4.69) is 23.8 Å². The Morgan fingerprint density at radius 2 is 1.74 bits per heavy atom. The lowest BCUT2D eigenvalue weighted by Crippen LogP contribution is -2.60. The van der Waals surface area contributed by atoms with Gasteiger partial charge in [0.05, 0.1) is 29.9 Å². The second-order valence-corrected chi connectivity index (χ2v) is 15.1. The first-order chi connectivity index (χ1) is 21.6. The van der Waals surface area contributed by atoms with Gasteiger partial charge in [0.25, 0.3) is 0 Å². The number of piperidine rings is 1. The standard InChI is InChI=1S/C34H60N4O8/c1-22-18-33(5,43-9)30(46-32-29(41)26(35(6)7)17-23(2)45-32)24(3)28(40)25(4)31(42)44-21-34(36(8)19-22)11-15-38(16-12-34)27(39)20-37-13-10-14-37/h22-26,29-30,32,41H,10-21H2,1-9H3/t22-,23-,24+,25?,26+,29-,30-,32+,33-/m1/s1. The molecule has 1 N–H and O–H groups in total. The van der Waals surface area contributed by atoms with Crippen molar-refractivity contribution in [1.29, 1.82) is 0 Å². The Labute approximate surface area is 276 Å². The molecule has 1 unspecified atom stereocenters. The van der Waals surface area contributed by atoms with Gasteiger partial charge in [-0.15, -0.1) is 0 Å². The number of carbonyl (C=O) groups excluding carboxylic acids is 3. The largest absolute Gasteiger partial charge is 0.463 e. The minimum atomic E-state index is -1.02. The maximum absolute atomic E-state index is 14.0. The number of ether oxygens (including phenoxy) is 4. The van der Waals surface area contributed by atoms with Gasteiger partial charge in [-0.2, -0.15) is 0 Å². The van der Waals surface area contributed by atoms with Gasteiger partial charge < -0.3 is 33.9 Å². The van der Waals surface area contributed by atoms with E-state index in [4.69, 9.17) is 18.9 Å².